The van der Waals surface area contributed by atoms with Gasteiger partial charge >= 0.3 is 5.97 Å². The van der Waals surface area contributed by atoms with E-state index in [2.05, 4.69) is 0 Å². The van der Waals surface area contributed by atoms with Gasteiger partial charge in [-0.25, -0.2) is 4.79 Å². The Balaban J connectivity index is 2.35. The van der Waals surface area contributed by atoms with Gasteiger partial charge in [-0.2, -0.15) is 0 Å². The molecule has 0 aliphatic carbocycles. The molecule has 0 spiro atoms. The van der Waals surface area contributed by atoms with Crippen molar-refractivity contribution in [2.24, 2.45) is 0 Å². The summed E-state index contributed by atoms with van der Waals surface area (Å²) < 4.78 is 4.86. The molecule has 74 valence electrons. The van der Waals surface area contributed by atoms with Gasteiger partial charge in [-0.05, 0) is 18.4 Å². The van der Waals surface area contributed by atoms with Crippen molar-refractivity contribution in [2.45, 2.75) is 18.4 Å². The molecule has 14 heavy (non-hydrogen) atoms. The fourth-order valence-electron chi connectivity index (χ4n) is 1.69. The number of rotatable bonds is 1. The predicted molar refractivity (Wildman–Crippen MR) is 50.5 cm³/mol. The first-order valence-corrected chi connectivity index (χ1v) is 4.68. The summed E-state index contributed by atoms with van der Waals surface area (Å²) in [4.78, 5) is 11.4. The van der Waals surface area contributed by atoms with Crippen molar-refractivity contribution >= 4 is 5.97 Å². The average Bonchev–Trinajstić information content (AvgIpc) is 2.24. The molecule has 1 atom stereocenters. The van der Waals surface area contributed by atoms with Gasteiger partial charge in [-0.3, -0.25) is 0 Å². The molecule has 1 aliphatic rings. The van der Waals surface area contributed by atoms with Crippen LogP contribution in [0, 0.1) is 0 Å². The minimum absolute atomic E-state index is 0.411. The second-order valence-electron chi connectivity index (χ2n) is 3.47. The Labute approximate surface area is 82.3 Å². The van der Waals surface area contributed by atoms with E-state index in [1.165, 1.54) is 0 Å². The van der Waals surface area contributed by atoms with Crippen LogP contribution in [0.1, 0.15) is 18.4 Å². The maximum atomic E-state index is 11.4. The van der Waals surface area contributed by atoms with Crippen LogP contribution < -0.4 is 0 Å². The molecule has 0 saturated carbocycles. The summed E-state index contributed by atoms with van der Waals surface area (Å²) in [5.41, 5.74) is -0.816. The van der Waals surface area contributed by atoms with Gasteiger partial charge in [0.25, 0.3) is 0 Å². The lowest BCUT2D eigenvalue weighted by molar-refractivity contribution is -0.175. The van der Waals surface area contributed by atoms with Crippen LogP contribution in [0.2, 0.25) is 0 Å². The lowest BCUT2D eigenvalue weighted by atomic mass is 9.88. The largest absolute Gasteiger partial charge is 0.463 e. The smallest absolute Gasteiger partial charge is 0.342 e. The quantitative estimate of drug-likeness (QED) is 0.680. The molecule has 1 N–H and O–H groups in total. The second-order valence-corrected chi connectivity index (χ2v) is 3.47. The lowest BCUT2D eigenvalue weighted by Gasteiger charge is -2.30. The number of benzene rings is 1. The second kappa shape index (κ2) is 3.42. The lowest BCUT2D eigenvalue weighted by Crippen LogP contribution is -2.41. The Morgan fingerprint density at radius 2 is 2.00 bits per heavy atom. The third-order valence-electron chi connectivity index (χ3n) is 2.51. The fourth-order valence-corrected chi connectivity index (χ4v) is 1.69. The molecule has 1 heterocycles. The van der Waals surface area contributed by atoms with Gasteiger partial charge in [0, 0.05) is 0 Å². The van der Waals surface area contributed by atoms with Crippen LogP contribution in [0.25, 0.3) is 0 Å². The number of hydrogen-bond donors (Lipinski definition) is 1. The van der Waals surface area contributed by atoms with Gasteiger partial charge < -0.3 is 9.84 Å². The van der Waals surface area contributed by atoms with Crippen molar-refractivity contribution in [1.29, 1.82) is 0 Å². The van der Waals surface area contributed by atoms with Gasteiger partial charge in [0.1, 0.15) is 0 Å². The summed E-state index contributed by atoms with van der Waals surface area (Å²) in [6.07, 6.45) is 1.15. The zero-order chi connectivity index (χ0) is 10.0. The molecule has 1 saturated heterocycles. The maximum Gasteiger partial charge on any atom is 0.342 e. The number of aliphatic hydroxyl groups is 1. The molecule has 0 amide bonds. The van der Waals surface area contributed by atoms with Gasteiger partial charge in [0.2, 0.25) is 0 Å². The first kappa shape index (κ1) is 9.21. The molecule has 1 aliphatic heterocycles. The van der Waals surface area contributed by atoms with Crippen LogP contribution in [-0.4, -0.2) is 17.7 Å². The first-order chi connectivity index (χ1) is 6.73. The summed E-state index contributed by atoms with van der Waals surface area (Å²) in [6, 6.07) is 8.94. The van der Waals surface area contributed by atoms with Crippen molar-refractivity contribution in [3.05, 3.63) is 35.9 Å². The molecular formula is C11H12O3. The fraction of sp³-hybridized carbons (Fsp3) is 0.364. The Bertz CT molecular complexity index is 334. The maximum absolute atomic E-state index is 11.4. The number of hydrogen-bond acceptors (Lipinski definition) is 3. The van der Waals surface area contributed by atoms with Crippen LogP contribution in [0.3, 0.4) is 0 Å². The SMILES string of the molecule is O=C1OCCCC1(O)c1ccccc1. The highest BCUT2D eigenvalue weighted by Gasteiger charge is 2.41. The van der Waals surface area contributed by atoms with E-state index < -0.39 is 11.6 Å². The summed E-state index contributed by atoms with van der Waals surface area (Å²) >= 11 is 0. The Morgan fingerprint density at radius 1 is 1.29 bits per heavy atom. The van der Waals surface area contributed by atoms with Gasteiger partial charge in [-0.1, -0.05) is 30.3 Å². The van der Waals surface area contributed by atoms with Crippen molar-refractivity contribution in [3.63, 3.8) is 0 Å². The van der Waals surface area contributed by atoms with Crippen LogP contribution in [0.15, 0.2) is 30.3 Å². The summed E-state index contributed by atoms with van der Waals surface area (Å²) in [5, 5.41) is 10.1. The van der Waals surface area contributed by atoms with Crippen molar-refractivity contribution in [2.75, 3.05) is 6.61 Å². The molecule has 0 bridgehead atoms. The molecule has 3 heteroatoms. The minimum Gasteiger partial charge on any atom is -0.463 e. The van der Waals surface area contributed by atoms with Crippen molar-refractivity contribution in [3.8, 4) is 0 Å². The van der Waals surface area contributed by atoms with E-state index in [-0.39, 0.29) is 0 Å². The molecule has 3 nitrogen and oxygen atoms in total. The highest BCUT2D eigenvalue weighted by molar-refractivity contribution is 5.81. The highest BCUT2D eigenvalue weighted by atomic mass is 16.6. The van der Waals surface area contributed by atoms with Crippen LogP contribution in [-0.2, 0) is 15.1 Å². The molecule has 0 aromatic heterocycles. The van der Waals surface area contributed by atoms with Gasteiger partial charge in [-0.15, -0.1) is 0 Å². The molecule has 1 aromatic rings. The Kier molecular flexibility index (Phi) is 2.25. The third kappa shape index (κ3) is 1.40. The number of esters is 1. The molecule has 2 rings (SSSR count). The molecule has 1 fully saturated rings. The van der Waals surface area contributed by atoms with E-state index in [9.17, 15) is 9.90 Å². The predicted octanol–water partition coefficient (Wildman–Crippen LogP) is 1.21. The summed E-state index contributed by atoms with van der Waals surface area (Å²) in [7, 11) is 0. The standard InChI is InChI=1S/C11H12O3/c12-10-11(13,7-4-8-14-10)9-5-2-1-3-6-9/h1-3,5-6,13H,4,7-8H2. The zero-order valence-electron chi connectivity index (χ0n) is 7.77. The van der Waals surface area contributed by atoms with E-state index >= 15 is 0 Å². The van der Waals surface area contributed by atoms with Crippen LogP contribution in [0.5, 0.6) is 0 Å². The van der Waals surface area contributed by atoms with Crippen LogP contribution >= 0.6 is 0 Å². The molecule has 0 radical (unpaired) electrons. The minimum atomic E-state index is -1.43. The first-order valence-electron chi connectivity index (χ1n) is 4.68. The van der Waals surface area contributed by atoms with Crippen LogP contribution in [0.4, 0.5) is 0 Å². The normalized spacial score (nSPS) is 27.1. The molecular weight excluding hydrogens is 180 g/mol. The molecule has 1 aromatic carbocycles. The van der Waals surface area contributed by atoms with Crippen molar-refractivity contribution in [1.82, 2.24) is 0 Å². The number of carbonyl (C=O) groups is 1. The average molecular weight is 192 g/mol. The number of cyclic esters (lactones) is 1. The summed E-state index contributed by atoms with van der Waals surface area (Å²) in [6.45, 7) is 0.411. The number of carbonyl (C=O) groups excluding carboxylic acids is 1. The van der Waals surface area contributed by atoms with Gasteiger partial charge in [0.05, 0.1) is 6.61 Å². The highest BCUT2D eigenvalue weighted by Crippen LogP contribution is 2.30. The zero-order valence-corrected chi connectivity index (χ0v) is 7.77. The Morgan fingerprint density at radius 3 is 2.64 bits per heavy atom. The van der Waals surface area contributed by atoms with E-state index in [1.807, 2.05) is 6.07 Å². The van der Waals surface area contributed by atoms with E-state index in [4.69, 9.17) is 4.74 Å². The van der Waals surface area contributed by atoms with Crippen molar-refractivity contribution < 1.29 is 14.6 Å². The molecule has 1 unspecified atom stereocenters. The van der Waals surface area contributed by atoms with Gasteiger partial charge in [0.15, 0.2) is 5.60 Å². The van der Waals surface area contributed by atoms with E-state index in [0.29, 0.717) is 25.0 Å². The third-order valence-corrected chi connectivity index (χ3v) is 2.51. The number of ether oxygens (including phenoxy) is 1. The summed E-state index contributed by atoms with van der Waals surface area (Å²) in [5.74, 6) is -0.532. The topological polar surface area (TPSA) is 46.5 Å². The monoisotopic (exact) mass is 192 g/mol. The van der Waals surface area contributed by atoms with E-state index in [1.54, 1.807) is 24.3 Å². The van der Waals surface area contributed by atoms with E-state index in [0.717, 1.165) is 0 Å². The Hall–Kier alpha value is -1.35.